The second-order valence-corrected chi connectivity index (χ2v) is 8.69. The maximum atomic E-state index is 4.87. The van der Waals surface area contributed by atoms with Crippen molar-refractivity contribution in [3.8, 4) is 0 Å². The summed E-state index contributed by atoms with van der Waals surface area (Å²) in [6.07, 6.45) is 2.30. The van der Waals surface area contributed by atoms with Gasteiger partial charge in [0.25, 0.3) is 0 Å². The van der Waals surface area contributed by atoms with Crippen molar-refractivity contribution in [3.05, 3.63) is 100 Å². The Morgan fingerprint density at radius 1 is 0.931 bits per heavy atom. The Morgan fingerprint density at radius 3 is 2.38 bits per heavy atom. The zero-order valence-electron chi connectivity index (χ0n) is 16.4. The van der Waals surface area contributed by atoms with Gasteiger partial charge in [-0.15, -0.1) is 0 Å². The summed E-state index contributed by atoms with van der Waals surface area (Å²) >= 11 is 3.55. The van der Waals surface area contributed by atoms with Gasteiger partial charge in [0.05, 0.1) is 17.1 Å². The lowest BCUT2D eigenvalue weighted by Gasteiger charge is -2.27. The minimum atomic E-state index is 0.0755. The van der Waals surface area contributed by atoms with Crippen LogP contribution in [0.3, 0.4) is 0 Å². The molecule has 144 valence electrons. The third-order valence-electron chi connectivity index (χ3n) is 5.54. The van der Waals surface area contributed by atoms with Gasteiger partial charge in [-0.25, -0.2) is 4.98 Å². The second kappa shape index (κ2) is 7.20. The number of allylic oxidation sites excluding steroid dienone is 1. The average molecular weight is 444 g/mol. The van der Waals surface area contributed by atoms with Crippen LogP contribution in [-0.4, -0.2) is 9.55 Å². The summed E-state index contributed by atoms with van der Waals surface area (Å²) in [7, 11) is 0. The van der Waals surface area contributed by atoms with Crippen molar-refractivity contribution in [1.82, 2.24) is 9.55 Å². The Hall–Kier alpha value is -2.85. The van der Waals surface area contributed by atoms with Gasteiger partial charge in [-0.3, -0.25) is 4.57 Å². The standard InChI is InChI=1S/C25H22BrN3/c1-16(2)17-7-9-18(10-8-17)22-15-24(19-11-13-20(26)14-12-19)29-23-6-4-3-5-21(23)27-25(29)28-22/h3-16,24H,1-2H3,(H,27,28)/t24-/m1/s1. The van der Waals surface area contributed by atoms with E-state index < -0.39 is 0 Å². The Kier molecular flexibility index (Phi) is 4.51. The summed E-state index contributed by atoms with van der Waals surface area (Å²) in [4.78, 5) is 4.87. The Labute approximate surface area is 179 Å². The van der Waals surface area contributed by atoms with Gasteiger partial charge in [0.1, 0.15) is 0 Å². The lowest BCUT2D eigenvalue weighted by atomic mass is 9.98. The number of para-hydroxylation sites is 2. The van der Waals surface area contributed by atoms with Crippen molar-refractivity contribution >= 4 is 38.6 Å². The first kappa shape index (κ1) is 18.2. The van der Waals surface area contributed by atoms with Crippen LogP contribution in [0.25, 0.3) is 16.7 Å². The molecule has 1 N–H and O–H groups in total. The van der Waals surface area contributed by atoms with Gasteiger partial charge in [-0.05, 0) is 52.9 Å². The Balaban J connectivity index is 1.65. The maximum absolute atomic E-state index is 4.87. The summed E-state index contributed by atoms with van der Waals surface area (Å²) in [6, 6.07) is 25.8. The fraction of sp³-hybridized carbons (Fsp3) is 0.160. The number of hydrogen-bond donors (Lipinski definition) is 1. The minimum Gasteiger partial charge on any atom is -0.325 e. The molecule has 2 heterocycles. The molecule has 1 aromatic heterocycles. The molecule has 4 aromatic rings. The van der Waals surface area contributed by atoms with Gasteiger partial charge >= 0.3 is 0 Å². The van der Waals surface area contributed by atoms with Crippen LogP contribution >= 0.6 is 15.9 Å². The van der Waals surface area contributed by atoms with Crippen molar-refractivity contribution in [1.29, 1.82) is 0 Å². The lowest BCUT2D eigenvalue weighted by molar-refractivity contribution is 0.720. The molecule has 0 aliphatic carbocycles. The fourth-order valence-corrected chi connectivity index (χ4v) is 4.19. The molecule has 0 radical (unpaired) electrons. The van der Waals surface area contributed by atoms with E-state index in [-0.39, 0.29) is 6.04 Å². The molecule has 5 rings (SSSR count). The first-order chi connectivity index (χ1) is 14.1. The van der Waals surface area contributed by atoms with Crippen LogP contribution in [0.15, 0.2) is 83.3 Å². The number of rotatable bonds is 3. The molecule has 1 aliphatic rings. The van der Waals surface area contributed by atoms with Gasteiger partial charge < -0.3 is 5.32 Å². The highest BCUT2D eigenvalue weighted by molar-refractivity contribution is 9.10. The van der Waals surface area contributed by atoms with Crippen LogP contribution in [-0.2, 0) is 0 Å². The summed E-state index contributed by atoms with van der Waals surface area (Å²) in [5.74, 6) is 1.40. The first-order valence-electron chi connectivity index (χ1n) is 9.92. The second-order valence-electron chi connectivity index (χ2n) is 7.77. The van der Waals surface area contributed by atoms with Gasteiger partial charge in [0.15, 0.2) is 0 Å². The van der Waals surface area contributed by atoms with Crippen LogP contribution in [0.4, 0.5) is 5.95 Å². The smallest absolute Gasteiger partial charge is 0.209 e. The van der Waals surface area contributed by atoms with E-state index in [9.17, 15) is 0 Å². The molecule has 0 amide bonds. The molecule has 29 heavy (non-hydrogen) atoms. The normalized spacial score (nSPS) is 15.9. The van der Waals surface area contributed by atoms with E-state index in [2.05, 4.69) is 112 Å². The maximum Gasteiger partial charge on any atom is 0.209 e. The van der Waals surface area contributed by atoms with Gasteiger partial charge in [0.2, 0.25) is 5.95 Å². The molecular weight excluding hydrogens is 422 g/mol. The molecule has 0 bridgehead atoms. The van der Waals surface area contributed by atoms with Crippen molar-refractivity contribution < 1.29 is 0 Å². The SMILES string of the molecule is CC(C)c1ccc(C2=C[C@H](c3ccc(Br)cc3)n3c(nc4ccccc43)N2)cc1. The topological polar surface area (TPSA) is 29.9 Å². The van der Waals surface area contributed by atoms with Crippen LogP contribution in [0.2, 0.25) is 0 Å². The van der Waals surface area contributed by atoms with E-state index in [4.69, 9.17) is 4.98 Å². The quantitative estimate of drug-likeness (QED) is 0.370. The third kappa shape index (κ3) is 3.28. The first-order valence-corrected chi connectivity index (χ1v) is 10.7. The molecule has 1 atom stereocenters. The predicted molar refractivity (Wildman–Crippen MR) is 124 cm³/mol. The number of halogens is 1. The van der Waals surface area contributed by atoms with E-state index in [0.29, 0.717) is 5.92 Å². The monoisotopic (exact) mass is 443 g/mol. The molecule has 0 spiro atoms. The number of hydrogen-bond acceptors (Lipinski definition) is 2. The fourth-order valence-electron chi connectivity index (χ4n) is 3.93. The Bertz CT molecular complexity index is 1200. The highest BCUT2D eigenvalue weighted by Gasteiger charge is 2.25. The van der Waals surface area contributed by atoms with Crippen LogP contribution in [0, 0.1) is 0 Å². The van der Waals surface area contributed by atoms with Crippen molar-refractivity contribution in [2.24, 2.45) is 0 Å². The number of nitrogens with one attached hydrogen (secondary N) is 1. The highest BCUT2D eigenvalue weighted by atomic mass is 79.9. The molecule has 3 nitrogen and oxygen atoms in total. The molecule has 0 saturated heterocycles. The van der Waals surface area contributed by atoms with E-state index >= 15 is 0 Å². The van der Waals surface area contributed by atoms with Crippen LogP contribution in [0.5, 0.6) is 0 Å². The van der Waals surface area contributed by atoms with Crippen molar-refractivity contribution in [2.45, 2.75) is 25.8 Å². The van der Waals surface area contributed by atoms with E-state index in [1.165, 1.54) is 16.7 Å². The zero-order chi connectivity index (χ0) is 20.0. The lowest BCUT2D eigenvalue weighted by Crippen LogP contribution is -2.19. The highest BCUT2D eigenvalue weighted by Crippen LogP contribution is 2.37. The summed E-state index contributed by atoms with van der Waals surface area (Å²) in [5.41, 5.74) is 6.98. The third-order valence-corrected chi connectivity index (χ3v) is 6.07. The summed E-state index contributed by atoms with van der Waals surface area (Å²) in [6.45, 7) is 4.44. The number of aromatic nitrogens is 2. The Morgan fingerprint density at radius 2 is 1.66 bits per heavy atom. The van der Waals surface area contributed by atoms with Gasteiger partial charge in [-0.2, -0.15) is 0 Å². The van der Waals surface area contributed by atoms with Gasteiger partial charge in [-0.1, -0.05) is 78.3 Å². The van der Waals surface area contributed by atoms with Crippen LogP contribution < -0.4 is 5.32 Å². The molecule has 4 heteroatoms. The van der Waals surface area contributed by atoms with Crippen LogP contribution in [0.1, 0.15) is 42.5 Å². The van der Waals surface area contributed by atoms with E-state index in [0.717, 1.165) is 27.2 Å². The summed E-state index contributed by atoms with van der Waals surface area (Å²) in [5, 5.41) is 3.57. The molecule has 0 fully saturated rings. The van der Waals surface area contributed by atoms with Crippen molar-refractivity contribution in [2.75, 3.05) is 5.32 Å². The average Bonchev–Trinajstić information content (AvgIpc) is 3.12. The van der Waals surface area contributed by atoms with E-state index in [1.807, 2.05) is 6.07 Å². The largest absolute Gasteiger partial charge is 0.325 e. The number of anilines is 1. The minimum absolute atomic E-state index is 0.0755. The number of imidazole rings is 1. The number of benzene rings is 3. The summed E-state index contributed by atoms with van der Waals surface area (Å²) < 4.78 is 3.37. The predicted octanol–water partition coefficient (Wildman–Crippen LogP) is 6.98. The van der Waals surface area contributed by atoms with E-state index in [1.54, 1.807) is 0 Å². The molecule has 3 aromatic carbocycles. The van der Waals surface area contributed by atoms with Crippen molar-refractivity contribution in [3.63, 3.8) is 0 Å². The van der Waals surface area contributed by atoms with Gasteiger partial charge in [0, 0.05) is 10.2 Å². The molecule has 0 saturated carbocycles. The molecule has 1 aliphatic heterocycles. The zero-order valence-corrected chi connectivity index (χ0v) is 18.0. The number of nitrogens with zero attached hydrogens (tertiary/aromatic N) is 2. The molecule has 0 unspecified atom stereocenters. The molecular formula is C25H22BrN3. The number of fused-ring (bicyclic) bond motifs is 3.